The molecule has 0 radical (unpaired) electrons. The van der Waals surface area contributed by atoms with Crippen molar-refractivity contribution in [2.24, 2.45) is 0 Å². The molecule has 1 saturated carbocycles. The van der Waals surface area contributed by atoms with Crippen molar-refractivity contribution in [1.82, 2.24) is 4.90 Å². The minimum Gasteiger partial charge on any atom is -0.497 e. The Hall–Kier alpha value is -0.880. The van der Waals surface area contributed by atoms with Crippen molar-refractivity contribution in [2.45, 2.75) is 59.8 Å². The fourth-order valence-corrected chi connectivity index (χ4v) is 5.47. The molecule has 1 unspecified atom stereocenters. The molecular formula is C20H26Cl3NO4. The number of amides is 1. The first-order valence-corrected chi connectivity index (χ1v) is 10.7. The molecule has 8 heteroatoms. The molecule has 0 saturated heterocycles. The van der Waals surface area contributed by atoms with E-state index in [4.69, 9.17) is 39.5 Å². The zero-order chi connectivity index (χ0) is 20.6. The molecule has 0 heterocycles. The maximum atomic E-state index is 11.8. The number of halogens is 3. The van der Waals surface area contributed by atoms with Crippen LogP contribution in [0.2, 0.25) is 0 Å². The van der Waals surface area contributed by atoms with Crippen LogP contribution in [0, 0.1) is 0 Å². The second kappa shape index (κ2) is 8.10. The van der Waals surface area contributed by atoms with Crippen molar-refractivity contribution in [3.05, 3.63) is 29.3 Å². The molecule has 1 amide bonds. The Balaban J connectivity index is 1.90. The lowest BCUT2D eigenvalue weighted by Gasteiger charge is -2.50. The van der Waals surface area contributed by atoms with Gasteiger partial charge in [0.15, 0.2) is 0 Å². The third-order valence-electron chi connectivity index (χ3n) is 6.42. The van der Waals surface area contributed by atoms with Gasteiger partial charge in [-0.2, -0.15) is 0 Å². The summed E-state index contributed by atoms with van der Waals surface area (Å²) >= 11 is 17.4. The monoisotopic (exact) mass is 449 g/mol. The molecule has 1 aromatic carbocycles. The van der Waals surface area contributed by atoms with E-state index in [1.807, 2.05) is 12.1 Å². The highest BCUT2D eigenvalue weighted by atomic mass is 35.6. The number of ether oxygens (including phenoxy) is 1. The van der Waals surface area contributed by atoms with E-state index in [-0.39, 0.29) is 18.5 Å². The molecule has 0 aromatic heterocycles. The number of rotatable bonds is 5. The average molecular weight is 451 g/mol. The molecule has 28 heavy (non-hydrogen) atoms. The summed E-state index contributed by atoms with van der Waals surface area (Å²) in [6, 6.07) is 6.08. The predicted molar refractivity (Wildman–Crippen MR) is 111 cm³/mol. The number of carboxylic acid groups (broad SMARTS) is 1. The van der Waals surface area contributed by atoms with Crippen molar-refractivity contribution < 1.29 is 19.7 Å². The Morgan fingerprint density at radius 1 is 1.25 bits per heavy atom. The van der Waals surface area contributed by atoms with Crippen molar-refractivity contribution in [1.29, 1.82) is 0 Å². The Kier molecular flexibility index (Phi) is 6.31. The lowest BCUT2D eigenvalue weighted by Crippen LogP contribution is -2.55. The number of alkyl halides is 3. The van der Waals surface area contributed by atoms with Crippen LogP contribution in [0.4, 0.5) is 4.79 Å². The van der Waals surface area contributed by atoms with Crippen molar-refractivity contribution in [3.8, 4) is 5.75 Å². The summed E-state index contributed by atoms with van der Waals surface area (Å²) in [4.78, 5) is 12.7. The third kappa shape index (κ3) is 4.18. The van der Waals surface area contributed by atoms with Gasteiger partial charge in [-0.25, -0.2) is 4.79 Å². The molecule has 0 bridgehead atoms. The molecule has 1 fully saturated rings. The zero-order valence-electron chi connectivity index (χ0n) is 15.9. The van der Waals surface area contributed by atoms with Gasteiger partial charge < -0.3 is 19.8 Å². The molecular weight excluding hydrogens is 425 g/mol. The molecule has 156 valence electrons. The van der Waals surface area contributed by atoms with Crippen molar-refractivity contribution in [2.75, 3.05) is 20.2 Å². The van der Waals surface area contributed by atoms with Crippen LogP contribution in [0.3, 0.4) is 0 Å². The van der Waals surface area contributed by atoms with Crippen molar-refractivity contribution >= 4 is 40.9 Å². The highest BCUT2D eigenvalue weighted by molar-refractivity contribution is 6.67. The van der Waals surface area contributed by atoms with Gasteiger partial charge in [0.2, 0.25) is 3.79 Å². The summed E-state index contributed by atoms with van der Waals surface area (Å²) in [6.07, 6.45) is 4.31. The topological polar surface area (TPSA) is 70.0 Å². The number of aliphatic hydroxyl groups is 1. The summed E-state index contributed by atoms with van der Waals surface area (Å²) < 4.78 is 3.73. The molecule has 3 rings (SSSR count). The predicted octanol–water partition coefficient (Wildman–Crippen LogP) is 4.92. The third-order valence-corrected chi connectivity index (χ3v) is 6.78. The highest BCUT2D eigenvalue weighted by Gasteiger charge is 2.55. The zero-order valence-corrected chi connectivity index (χ0v) is 18.2. The maximum absolute atomic E-state index is 11.8. The first kappa shape index (κ1) is 21.8. The minimum absolute atomic E-state index is 0.112. The number of hydrogen-bond acceptors (Lipinski definition) is 3. The van der Waals surface area contributed by atoms with Gasteiger partial charge in [0.05, 0.1) is 19.3 Å². The first-order valence-electron chi connectivity index (χ1n) is 9.55. The summed E-state index contributed by atoms with van der Waals surface area (Å²) in [6.45, 7) is -0.124. The summed E-state index contributed by atoms with van der Waals surface area (Å²) in [5.41, 5.74) is 0.980. The fourth-order valence-electron chi connectivity index (χ4n) is 5.03. The highest BCUT2D eigenvalue weighted by Crippen LogP contribution is 2.56. The van der Waals surface area contributed by atoms with Gasteiger partial charge in [-0.3, -0.25) is 0 Å². The quantitative estimate of drug-likeness (QED) is 0.624. The lowest BCUT2D eigenvalue weighted by atomic mass is 9.58. The van der Waals surface area contributed by atoms with E-state index in [1.54, 1.807) is 7.11 Å². The summed E-state index contributed by atoms with van der Waals surface area (Å²) in [7, 11) is 1.64. The van der Waals surface area contributed by atoms with E-state index in [0.29, 0.717) is 12.8 Å². The van der Waals surface area contributed by atoms with E-state index in [0.717, 1.165) is 48.3 Å². The Morgan fingerprint density at radius 2 is 1.93 bits per heavy atom. The molecule has 1 atom stereocenters. The Morgan fingerprint density at radius 3 is 2.50 bits per heavy atom. The van der Waals surface area contributed by atoms with Gasteiger partial charge in [0.1, 0.15) is 5.75 Å². The molecule has 2 aliphatic carbocycles. The average Bonchev–Trinajstić information content (AvgIpc) is 3.12. The van der Waals surface area contributed by atoms with Gasteiger partial charge >= 0.3 is 6.09 Å². The van der Waals surface area contributed by atoms with Gasteiger partial charge in [0.25, 0.3) is 0 Å². The number of fused-ring (bicyclic) bond motifs is 2. The van der Waals surface area contributed by atoms with Crippen LogP contribution in [-0.2, 0) is 11.8 Å². The molecule has 2 aliphatic rings. The summed E-state index contributed by atoms with van der Waals surface area (Å²) in [5, 5.41) is 21.3. The number of methoxy groups -OCH3 is 1. The number of aryl methyl sites for hydroxylation is 1. The Bertz CT molecular complexity index is 731. The lowest BCUT2D eigenvalue weighted by molar-refractivity contribution is -0.0640. The molecule has 0 aliphatic heterocycles. The van der Waals surface area contributed by atoms with E-state index < -0.39 is 15.5 Å². The van der Waals surface area contributed by atoms with Gasteiger partial charge in [-0.1, -0.05) is 53.7 Å². The molecule has 5 nitrogen and oxygen atoms in total. The number of benzene rings is 1. The van der Waals surface area contributed by atoms with Crippen LogP contribution in [0.15, 0.2) is 18.2 Å². The van der Waals surface area contributed by atoms with Crippen LogP contribution in [-0.4, -0.2) is 50.8 Å². The van der Waals surface area contributed by atoms with Gasteiger partial charge in [0, 0.05) is 12.0 Å². The van der Waals surface area contributed by atoms with Crippen LogP contribution in [0.25, 0.3) is 0 Å². The first-order chi connectivity index (χ1) is 13.1. The van der Waals surface area contributed by atoms with Crippen LogP contribution in [0.5, 0.6) is 5.75 Å². The molecule has 1 spiro atoms. The molecule has 1 aromatic rings. The van der Waals surface area contributed by atoms with Gasteiger partial charge in [-0.15, -0.1) is 0 Å². The van der Waals surface area contributed by atoms with Crippen LogP contribution in [0.1, 0.15) is 49.7 Å². The number of hydrogen-bond donors (Lipinski definition) is 2. The van der Waals surface area contributed by atoms with Crippen molar-refractivity contribution in [3.63, 3.8) is 0 Å². The fraction of sp³-hybridized carbons (Fsp3) is 0.650. The SMILES string of the molecule is COc1ccc2c(c1)C1(CCCC1)C(O)(CCN(CC(Cl)(Cl)Cl)C(=O)O)CC2. The maximum Gasteiger partial charge on any atom is 0.407 e. The van der Waals surface area contributed by atoms with Gasteiger partial charge in [-0.05, 0) is 55.4 Å². The van der Waals surface area contributed by atoms with E-state index in [1.165, 1.54) is 5.56 Å². The van der Waals surface area contributed by atoms with E-state index >= 15 is 0 Å². The molecule has 2 N–H and O–H groups in total. The smallest absolute Gasteiger partial charge is 0.407 e. The van der Waals surface area contributed by atoms with Crippen LogP contribution < -0.4 is 4.74 Å². The second-order valence-electron chi connectivity index (χ2n) is 7.91. The summed E-state index contributed by atoms with van der Waals surface area (Å²) in [5.74, 6) is 0.776. The number of carbonyl (C=O) groups is 1. The Labute approximate surface area is 180 Å². The minimum atomic E-state index is -1.70. The number of nitrogens with zero attached hydrogens (tertiary/aromatic N) is 1. The largest absolute Gasteiger partial charge is 0.497 e. The van der Waals surface area contributed by atoms with E-state index in [2.05, 4.69) is 6.07 Å². The standard InChI is InChI=1S/C20H26Cl3NO4/c1-28-15-5-4-14-6-9-19(27,18(16(14)12-15)7-2-3-8-18)10-11-24(17(25)26)13-20(21,22)23/h4-5,12,27H,2-3,6-11,13H2,1H3,(H,25,26). The second-order valence-corrected chi connectivity index (χ2v) is 10.4. The van der Waals surface area contributed by atoms with Crippen LogP contribution >= 0.6 is 34.8 Å². The normalized spacial score (nSPS) is 23.5. The van der Waals surface area contributed by atoms with E-state index in [9.17, 15) is 15.0 Å².